The first-order valence-corrected chi connectivity index (χ1v) is 34.7. The third-order valence-electron chi connectivity index (χ3n) is 15.9. The average molecular weight is 1070 g/mol. The summed E-state index contributed by atoms with van der Waals surface area (Å²) in [4.78, 5) is 0. The van der Waals surface area contributed by atoms with Crippen LogP contribution in [0.4, 0.5) is 0 Å². The molecule has 8 atom stereocenters. The number of nitrogens with two attached hydrogens (primary N) is 1. The zero-order valence-electron chi connectivity index (χ0n) is 48.4. The van der Waals surface area contributed by atoms with Crippen LogP contribution in [-0.2, 0) is 63.7 Å². The summed E-state index contributed by atoms with van der Waals surface area (Å²) in [5.74, 6) is 0. The van der Waals surface area contributed by atoms with E-state index in [1.54, 1.807) is 0 Å². The molecule has 0 bridgehead atoms. The first-order chi connectivity index (χ1) is 35.9. The predicted octanol–water partition coefficient (Wildman–Crippen LogP) is 15.9. The van der Waals surface area contributed by atoms with Crippen LogP contribution in [0, 0.1) is 0 Å². The molecule has 2 N–H and O–H groups in total. The lowest BCUT2D eigenvalue weighted by atomic mass is 9.97. The van der Waals surface area contributed by atoms with Gasteiger partial charge in [0.2, 0.25) is 0 Å². The lowest BCUT2D eigenvalue weighted by Crippen LogP contribution is -2.63. The summed E-state index contributed by atoms with van der Waals surface area (Å²) in [5, 5.41) is -0.0636. The summed E-state index contributed by atoms with van der Waals surface area (Å²) in [7, 11) is -4.69. The van der Waals surface area contributed by atoms with Crippen LogP contribution >= 0.6 is 0 Å². The maximum Gasteiger partial charge on any atom is 0.192 e. The van der Waals surface area contributed by atoms with Crippen molar-refractivity contribution in [3.05, 3.63) is 144 Å². The first-order valence-electron chi connectivity index (χ1n) is 28.8. The first kappa shape index (κ1) is 62.8. The fraction of sp³-hybridized carbons (Fsp3) is 0.625. The molecule has 1 aliphatic heterocycles. The Balaban J connectivity index is 1.46. The van der Waals surface area contributed by atoms with Crippen molar-refractivity contribution >= 4 is 16.6 Å². The van der Waals surface area contributed by atoms with Gasteiger partial charge in [-0.25, -0.2) is 0 Å². The highest BCUT2D eigenvalue weighted by Gasteiger charge is 2.51. The van der Waals surface area contributed by atoms with Gasteiger partial charge in [-0.3, -0.25) is 0 Å². The molecule has 0 aliphatic carbocycles. The zero-order chi connectivity index (χ0) is 54.2. The van der Waals surface area contributed by atoms with E-state index in [-0.39, 0.29) is 29.4 Å². The number of benzene rings is 4. The molecule has 9 nitrogen and oxygen atoms in total. The van der Waals surface area contributed by atoms with Crippen LogP contribution in [0.5, 0.6) is 0 Å². The minimum absolute atomic E-state index is 0.00532. The molecular weight excluding hydrogens is 967 g/mol. The molecule has 0 saturated carbocycles. The van der Waals surface area contributed by atoms with Gasteiger partial charge in [-0.1, -0.05) is 247 Å². The molecule has 0 radical (unpaired) electrons. The normalized spacial score (nSPS) is 20.0. The van der Waals surface area contributed by atoms with Gasteiger partial charge >= 0.3 is 0 Å². The SMILES string of the molecule is CCCCCCCCCCCCCC[C@@H](O[Si](C)(C)C(C)(C)C)[C@H](O[Si](C)(C)C(C)(C)C)[C@@H](N)CO[C@H]1OC(COCc2ccccc2)[C@H](OCc2ccccc2)[C@@H](OCc2ccccc2)C1OCc1ccccc1. The van der Waals surface area contributed by atoms with Gasteiger partial charge in [-0.15, -0.1) is 0 Å². The largest absolute Gasteiger partial charge is 0.411 e. The van der Waals surface area contributed by atoms with E-state index >= 15 is 0 Å². The number of hydrogen-bond donors (Lipinski definition) is 1. The quantitative estimate of drug-likeness (QED) is 0.0357. The Morgan fingerprint density at radius 2 is 0.867 bits per heavy atom. The van der Waals surface area contributed by atoms with E-state index in [1.807, 2.05) is 72.8 Å². The van der Waals surface area contributed by atoms with Gasteiger partial charge in [0.1, 0.15) is 24.4 Å². The lowest BCUT2D eigenvalue weighted by Gasteiger charge is -2.48. The second kappa shape index (κ2) is 32.1. The smallest absolute Gasteiger partial charge is 0.192 e. The summed E-state index contributed by atoms with van der Waals surface area (Å²) < 4.78 is 56.8. The highest BCUT2D eigenvalue weighted by atomic mass is 28.4. The fourth-order valence-electron chi connectivity index (χ4n) is 9.17. The van der Waals surface area contributed by atoms with E-state index < -0.39 is 59.5 Å². The summed E-state index contributed by atoms with van der Waals surface area (Å²) in [6.07, 6.45) is 12.4. The number of rotatable bonds is 35. The molecule has 1 saturated heterocycles. The molecule has 1 heterocycles. The Morgan fingerprint density at radius 1 is 0.480 bits per heavy atom. The Morgan fingerprint density at radius 3 is 1.31 bits per heavy atom. The third kappa shape index (κ3) is 21.6. The van der Waals surface area contributed by atoms with E-state index in [1.165, 1.54) is 64.2 Å². The number of hydrogen-bond acceptors (Lipinski definition) is 9. The lowest BCUT2D eigenvalue weighted by molar-refractivity contribution is -0.329. The molecular formula is C64H101NO8Si2. The van der Waals surface area contributed by atoms with Crippen molar-refractivity contribution in [1.82, 2.24) is 0 Å². The highest BCUT2D eigenvalue weighted by molar-refractivity contribution is 6.74. The van der Waals surface area contributed by atoms with Gasteiger partial charge in [0.05, 0.1) is 57.9 Å². The fourth-order valence-corrected chi connectivity index (χ4v) is 11.9. The molecule has 1 fully saturated rings. The summed E-state index contributed by atoms with van der Waals surface area (Å²) in [6.45, 7) is 27.2. The number of unbranched alkanes of at least 4 members (excludes halogenated alkanes) is 11. The molecule has 5 rings (SSSR count). The van der Waals surface area contributed by atoms with E-state index in [0.717, 1.165) is 41.5 Å². The average Bonchev–Trinajstić information content (AvgIpc) is 3.38. The van der Waals surface area contributed by atoms with Crippen LogP contribution in [0.15, 0.2) is 121 Å². The van der Waals surface area contributed by atoms with Crippen LogP contribution in [0.25, 0.3) is 0 Å². The second-order valence-corrected chi connectivity index (χ2v) is 33.8. The van der Waals surface area contributed by atoms with Gasteiger partial charge in [-0.05, 0) is 64.9 Å². The van der Waals surface area contributed by atoms with Crippen molar-refractivity contribution < 1.29 is 37.3 Å². The van der Waals surface area contributed by atoms with Crippen LogP contribution < -0.4 is 5.73 Å². The van der Waals surface area contributed by atoms with E-state index in [0.29, 0.717) is 26.4 Å². The monoisotopic (exact) mass is 1070 g/mol. The van der Waals surface area contributed by atoms with Gasteiger partial charge < -0.3 is 43.0 Å². The van der Waals surface area contributed by atoms with Crippen molar-refractivity contribution in [2.45, 2.75) is 244 Å². The maximum atomic E-state index is 7.58. The minimum atomic E-state index is -2.39. The molecule has 418 valence electrons. The van der Waals surface area contributed by atoms with Crippen molar-refractivity contribution in [2.75, 3.05) is 13.2 Å². The molecule has 4 aromatic rings. The highest BCUT2D eigenvalue weighted by Crippen LogP contribution is 2.42. The second-order valence-electron chi connectivity index (χ2n) is 24.3. The van der Waals surface area contributed by atoms with E-state index in [4.69, 9.17) is 43.0 Å². The Bertz CT molecular complexity index is 2080. The van der Waals surface area contributed by atoms with Crippen LogP contribution in [0.3, 0.4) is 0 Å². The molecule has 4 aromatic carbocycles. The Hall–Kier alpha value is -3.05. The van der Waals surface area contributed by atoms with Gasteiger partial charge in [0.25, 0.3) is 0 Å². The molecule has 0 spiro atoms. The van der Waals surface area contributed by atoms with E-state index in [2.05, 4.69) is 123 Å². The topological polar surface area (TPSA) is 99.9 Å². The zero-order valence-corrected chi connectivity index (χ0v) is 50.4. The molecule has 11 heteroatoms. The summed E-state index contributed by atoms with van der Waals surface area (Å²) >= 11 is 0. The van der Waals surface area contributed by atoms with Gasteiger partial charge in [-0.2, -0.15) is 0 Å². The predicted molar refractivity (Wildman–Crippen MR) is 314 cm³/mol. The molecule has 75 heavy (non-hydrogen) atoms. The number of ether oxygens (including phenoxy) is 6. The van der Waals surface area contributed by atoms with Gasteiger partial charge in [0.15, 0.2) is 22.9 Å². The molecule has 1 aliphatic rings. The molecule has 0 amide bonds. The van der Waals surface area contributed by atoms with Crippen molar-refractivity contribution in [3.8, 4) is 0 Å². The Labute approximate surface area is 457 Å². The maximum absolute atomic E-state index is 7.58. The van der Waals surface area contributed by atoms with Crippen LogP contribution in [-0.4, -0.2) is 78.8 Å². The minimum Gasteiger partial charge on any atom is -0.411 e. The van der Waals surface area contributed by atoms with Gasteiger partial charge in [0, 0.05) is 0 Å². The van der Waals surface area contributed by atoms with E-state index in [9.17, 15) is 0 Å². The summed E-state index contributed by atoms with van der Waals surface area (Å²) in [5.41, 5.74) is 11.8. The standard InChI is InChI=1S/C64H101NO8Si2/c1-12-13-14-15-16-17-18-19-20-21-22-35-44-56(72-74(8,9)63(2,3)4)58(73-75(10,11)64(5,6)7)55(65)49-70-62-61(69-48-54-42-33-26-34-43-54)60(68-47-53-40-31-25-32-41-53)59(67-46-52-38-29-24-30-39-52)57(71-62)50-66-45-51-36-27-23-28-37-51/h23-34,36-43,55-62H,12-22,35,44-50,65H2,1-11H3/t55-,56+,57?,58+,59-,60+,61?,62-/m0/s1. The summed E-state index contributed by atoms with van der Waals surface area (Å²) in [6, 6.07) is 40.3. The van der Waals surface area contributed by atoms with Crippen LogP contribution in [0.2, 0.25) is 36.3 Å². The van der Waals surface area contributed by atoms with Crippen molar-refractivity contribution in [2.24, 2.45) is 5.73 Å². The van der Waals surface area contributed by atoms with Crippen molar-refractivity contribution in [3.63, 3.8) is 0 Å². The van der Waals surface area contributed by atoms with Crippen LogP contribution in [0.1, 0.15) is 154 Å². The molecule has 2 unspecified atom stereocenters. The molecule has 0 aromatic heterocycles. The Kier molecular flexibility index (Phi) is 26.9. The van der Waals surface area contributed by atoms with Crippen molar-refractivity contribution in [1.29, 1.82) is 0 Å². The third-order valence-corrected chi connectivity index (χ3v) is 24.9.